The van der Waals surface area contributed by atoms with Gasteiger partial charge in [-0.1, -0.05) is 18.2 Å². The number of carbonyl (C=O) groups excluding carboxylic acids is 1. The van der Waals surface area contributed by atoms with Crippen LogP contribution in [0.4, 0.5) is 5.69 Å². The molecule has 0 aliphatic carbocycles. The first-order valence-corrected chi connectivity index (χ1v) is 8.99. The third-order valence-corrected chi connectivity index (χ3v) is 5.05. The maximum absolute atomic E-state index is 11.2. The second-order valence-corrected chi connectivity index (χ2v) is 6.48. The van der Waals surface area contributed by atoms with Crippen LogP contribution in [0.2, 0.25) is 0 Å². The summed E-state index contributed by atoms with van der Waals surface area (Å²) in [5.41, 5.74) is 2.34. The quantitative estimate of drug-likeness (QED) is 0.731. The molecule has 2 heterocycles. The van der Waals surface area contributed by atoms with E-state index in [2.05, 4.69) is 43.0 Å². The summed E-state index contributed by atoms with van der Waals surface area (Å²) < 4.78 is 11.2. The molecule has 0 amide bonds. The van der Waals surface area contributed by atoms with Crippen molar-refractivity contribution in [3.8, 4) is 11.5 Å². The molecule has 1 aliphatic rings. The van der Waals surface area contributed by atoms with Crippen LogP contribution in [-0.2, 0) is 0 Å². The van der Waals surface area contributed by atoms with Crippen LogP contribution in [0.25, 0.3) is 12.2 Å². The highest BCUT2D eigenvalue weighted by molar-refractivity contribution is 7.15. The number of benzene rings is 1. The van der Waals surface area contributed by atoms with E-state index in [1.807, 2.05) is 12.2 Å². The zero-order chi connectivity index (χ0) is 16.9. The Morgan fingerprint density at radius 1 is 1.00 bits per heavy atom. The summed E-state index contributed by atoms with van der Waals surface area (Å²) in [7, 11) is 0. The molecule has 5 heteroatoms. The lowest BCUT2D eigenvalue weighted by Gasteiger charge is -2.20. The van der Waals surface area contributed by atoms with Crippen LogP contribution in [-0.4, -0.2) is 32.6 Å². The minimum atomic E-state index is 0.487. The van der Waals surface area contributed by atoms with E-state index in [1.54, 1.807) is 0 Å². The van der Waals surface area contributed by atoms with Crippen LogP contribution < -0.4 is 14.4 Å². The fourth-order valence-electron chi connectivity index (χ4n) is 2.74. The van der Waals surface area contributed by atoms with Crippen molar-refractivity contribution in [2.75, 3.05) is 31.2 Å². The first-order valence-electron chi connectivity index (χ1n) is 8.17. The summed E-state index contributed by atoms with van der Waals surface area (Å²) in [6.07, 6.45) is 4.84. The lowest BCUT2D eigenvalue weighted by Crippen LogP contribution is -2.21. The molecule has 0 radical (unpaired) electrons. The van der Waals surface area contributed by atoms with Gasteiger partial charge in [0.2, 0.25) is 0 Å². The molecule has 3 rings (SSSR count). The molecule has 0 saturated heterocycles. The molecule has 0 atom stereocenters. The fraction of sp³-hybridized carbons (Fsp3) is 0.316. The van der Waals surface area contributed by atoms with E-state index in [9.17, 15) is 4.79 Å². The van der Waals surface area contributed by atoms with E-state index >= 15 is 0 Å². The van der Waals surface area contributed by atoms with Gasteiger partial charge < -0.3 is 14.4 Å². The largest absolute Gasteiger partial charge is 0.485 e. The smallest absolute Gasteiger partial charge is 0.183 e. The number of anilines is 1. The lowest BCUT2D eigenvalue weighted by atomic mass is 10.1. The Kier molecular flexibility index (Phi) is 5.20. The van der Waals surface area contributed by atoms with Crippen molar-refractivity contribution in [3.05, 3.63) is 39.6 Å². The van der Waals surface area contributed by atoms with E-state index in [-0.39, 0.29) is 0 Å². The molecule has 24 heavy (non-hydrogen) atoms. The van der Waals surface area contributed by atoms with Crippen molar-refractivity contribution in [3.63, 3.8) is 0 Å². The second kappa shape index (κ2) is 7.53. The maximum atomic E-state index is 11.2. The number of ether oxygens (including phenoxy) is 2. The third kappa shape index (κ3) is 3.31. The highest BCUT2D eigenvalue weighted by Crippen LogP contribution is 2.44. The van der Waals surface area contributed by atoms with Crippen LogP contribution in [0.3, 0.4) is 0 Å². The van der Waals surface area contributed by atoms with Gasteiger partial charge >= 0.3 is 0 Å². The summed E-state index contributed by atoms with van der Waals surface area (Å²) >= 11 is 1.40. The molecule has 0 N–H and O–H groups in total. The van der Waals surface area contributed by atoms with Crippen molar-refractivity contribution in [1.29, 1.82) is 0 Å². The topological polar surface area (TPSA) is 38.8 Å². The van der Waals surface area contributed by atoms with Gasteiger partial charge in [-0.2, -0.15) is 0 Å². The van der Waals surface area contributed by atoms with Crippen LogP contribution in [0.5, 0.6) is 11.5 Å². The Balaban J connectivity index is 1.81. The fourth-order valence-corrected chi connectivity index (χ4v) is 3.65. The number of hydrogen-bond acceptors (Lipinski definition) is 5. The van der Waals surface area contributed by atoms with Crippen molar-refractivity contribution >= 4 is 35.5 Å². The molecular formula is C19H21NO3S. The normalized spacial score (nSPS) is 13.2. The van der Waals surface area contributed by atoms with E-state index in [0.717, 1.165) is 29.8 Å². The minimum absolute atomic E-state index is 0.487. The summed E-state index contributed by atoms with van der Waals surface area (Å²) in [4.78, 5) is 15.0. The first kappa shape index (κ1) is 16.6. The van der Waals surface area contributed by atoms with Gasteiger partial charge in [-0.05, 0) is 37.6 Å². The Bertz CT molecular complexity index is 730. The number of nitrogens with zero attached hydrogens (tertiary/aromatic N) is 1. The molecule has 0 bridgehead atoms. The van der Waals surface area contributed by atoms with Gasteiger partial charge in [-0.25, -0.2) is 0 Å². The van der Waals surface area contributed by atoms with E-state index in [4.69, 9.17) is 9.47 Å². The maximum Gasteiger partial charge on any atom is 0.183 e. The first-order chi connectivity index (χ1) is 11.8. The zero-order valence-electron chi connectivity index (χ0n) is 14.0. The number of aldehydes is 1. The van der Waals surface area contributed by atoms with E-state index in [0.29, 0.717) is 29.6 Å². The van der Waals surface area contributed by atoms with Crippen molar-refractivity contribution in [1.82, 2.24) is 0 Å². The molecule has 1 aromatic carbocycles. The predicted molar refractivity (Wildman–Crippen MR) is 99.6 cm³/mol. The molecule has 0 fully saturated rings. The molecule has 1 aliphatic heterocycles. The molecule has 4 nitrogen and oxygen atoms in total. The van der Waals surface area contributed by atoms with Gasteiger partial charge in [0.05, 0.1) is 4.88 Å². The molecule has 126 valence electrons. The monoisotopic (exact) mass is 343 g/mol. The van der Waals surface area contributed by atoms with Crippen LogP contribution >= 0.6 is 11.3 Å². The van der Waals surface area contributed by atoms with Gasteiger partial charge in [0.25, 0.3) is 0 Å². The molecule has 2 aromatic rings. The average Bonchev–Trinajstić information content (AvgIpc) is 3.00. The number of hydrogen-bond donors (Lipinski definition) is 0. The third-order valence-electron chi connectivity index (χ3n) is 4.01. The Morgan fingerprint density at radius 3 is 2.21 bits per heavy atom. The van der Waals surface area contributed by atoms with Gasteiger partial charge in [0.1, 0.15) is 18.1 Å². The summed E-state index contributed by atoms with van der Waals surface area (Å²) in [5, 5.41) is 0. The standard InChI is InChI=1S/C19H21NO3S/c1-3-20(4-2)15-8-5-14(6-9-15)7-10-16-18-19(17(13-21)24-16)23-12-11-22-18/h5-10,13H,3-4,11-12H2,1-2H3. The second-order valence-electron chi connectivity index (χ2n) is 5.40. The molecule has 0 unspecified atom stereocenters. The highest BCUT2D eigenvalue weighted by atomic mass is 32.1. The summed E-state index contributed by atoms with van der Waals surface area (Å²) in [5.74, 6) is 1.27. The highest BCUT2D eigenvalue weighted by Gasteiger charge is 2.22. The van der Waals surface area contributed by atoms with Crippen LogP contribution in [0.1, 0.15) is 34.0 Å². The van der Waals surface area contributed by atoms with Gasteiger partial charge in [0, 0.05) is 18.8 Å². The zero-order valence-corrected chi connectivity index (χ0v) is 14.8. The molecule has 0 saturated carbocycles. The SMILES string of the molecule is CCN(CC)c1ccc(C=Cc2sc(C=O)c3c2OCCO3)cc1. The van der Waals surface area contributed by atoms with Gasteiger partial charge in [-0.3, -0.25) is 4.79 Å². The van der Waals surface area contributed by atoms with Gasteiger partial charge in [-0.15, -0.1) is 11.3 Å². The van der Waals surface area contributed by atoms with Crippen LogP contribution in [0.15, 0.2) is 24.3 Å². The van der Waals surface area contributed by atoms with Gasteiger partial charge in [0.15, 0.2) is 17.8 Å². The van der Waals surface area contributed by atoms with Crippen molar-refractivity contribution in [2.45, 2.75) is 13.8 Å². The van der Waals surface area contributed by atoms with Crippen molar-refractivity contribution < 1.29 is 14.3 Å². The van der Waals surface area contributed by atoms with E-state index < -0.39 is 0 Å². The Hall–Kier alpha value is -2.27. The molecule has 1 aromatic heterocycles. The molecular weight excluding hydrogens is 322 g/mol. The summed E-state index contributed by atoms with van der Waals surface area (Å²) in [6.45, 7) is 7.31. The average molecular weight is 343 g/mol. The number of rotatable bonds is 6. The minimum Gasteiger partial charge on any atom is -0.485 e. The number of fused-ring (bicyclic) bond motifs is 1. The van der Waals surface area contributed by atoms with Crippen LogP contribution in [0, 0.1) is 0 Å². The number of carbonyl (C=O) groups is 1. The Morgan fingerprint density at radius 2 is 1.62 bits per heavy atom. The summed E-state index contributed by atoms with van der Waals surface area (Å²) in [6, 6.07) is 8.46. The van der Waals surface area contributed by atoms with E-state index in [1.165, 1.54) is 17.0 Å². The molecule has 0 spiro atoms. The predicted octanol–water partition coefficient (Wildman–Crippen LogP) is 4.35. The lowest BCUT2D eigenvalue weighted by molar-refractivity contribution is 0.111. The Labute approximate surface area is 146 Å². The number of thiophene rings is 1. The van der Waals surface area contributed by atoms with Crippen molar-refractivity contribution in [2.24, 2.45) is 0 Å².